The van der Waals surface area contributed by atoms with Gasteiger partial charge in [0.25, 0.3) is 0 Å². The molecule has 0 bridgehead atoms. The maximum Gasteiger partial charge on any atom is 0.162 e. The molecule has 0 saturated heterocycles. The minimum Gasteiger partial charge on any atom is -0.386 e. The Morgan fingerprint density at radius 3 is 2.45 bits per heavy atom. The summed E-state index contributed by atoms with van der Waals surface area (Å²) in [4.78, 5) is 4.36. The highest BCUT2D eigenvalue weighted by Crippen LogP contribution is 2.36. The molecule has 0 spiro atoms. The topological polar surface area (TPSA) is 72.5 Å². The first-order valence-electron chi connectivity index (χ1n) is 6.43. The Labute approximate surface area is 118 Å². The lowest BCUT2D eigenvalue weighted by molar-refractivity contribution is 0.449. The highest BCUT2D eigenvalue weighted by atomic mass is 32.2. The van der Waals surface area contributed by atoms with Crippen molar-refractivity contribution < 1.29 is 12.8 Å². The molecule has 1 aliphatic heterocycles. The average Bonchev–Trinajstić information content (AvgIpc) is 2.41. The van der Waals surface area contributed by atoms with Crippen LogP contribution < -0.4 is 5.73 Å². The summed E-state index contributed by atoms with van der Waals surface area (Å²) >= 11 is 0. The molecule has 0 saturated carbocycles. The number of nitrogens with zero attached hydrogens (tertiary/aromatic N) is 1. The van der Waals surface area contributed by atoms with Crippen molar-refractivity contribution in [1.82, 2.24) is 0 Å². The Balaban J connectivity index is 2.61. The van der Waals surface area contributed by atoms with E-state index in [1.165, 1.54) is 19.9 Å². The predicted molar refractivity (Wildman–Crippen MR) is 77.9 cm³/mol. The lowest BCUT2D eigenvalue weighted by atomic mass is 9.89. The molecule has 1 aromatic rings. The molecule has 0 aliphatic carbocycles. The summed E-state index contributed by atoms with van der Waals surface area (Å²) in [5.41, 5.74) is 5.31. The van der Waals surface area contributed by atoms with Crippen LogP contribution in [0.5, 0.6) is 0 Å². The number of amidine groups is 1. The maximum absolute atomic E-state index is 14.0. The molecule has 0 aromatic heterocycles. The fourth-order valence-electron chi connectivity index (χ4n) is 2.30. The monoisotopic (exact) mass is 298 g/mol. The fourth-order valence-corrected chi connectivity index (χ4v) is 3.84. The van der Waals surface area contributed by atoms with Crippen LogP contribution in [-0.2, 0) is 15.4 Å². The minimum absolute atomic E-state index is 0.0285. The highest BCUT2D eigenvalue weighted by Gasteiger charge is 2.44. The van der Waals surface area contributed by atoms with Crippen LogP contribution >= 0.6 is 0 Å². The van der Waals surface area contributed by atoms with Gasteiger partial charge in [0.2, 0.25) is 0 Å². The molecule has 2 rings (SSSR count). The average molecular weight is 298 g/mol. The van der Waals surface area contributed by atoms with E-state index in [1.807, 2.05) is 0 Å². The van der Waals surface area contributed by atoms with Gasteiger partial charge in [-0.1, -0.05) is 18.2 Å². The molecule has 6 heteroatoms. The zero-order chi connectivity index (χ0) is 15.2. The number of sulfone groups is 1. The number of hydrogen-bond acceptors (Lipinski definition) is 4. The van der Waals surface area contributed by atoms with Crippen molar-refractivity contribution in [1.29, 1.82) is 0 Å². The van der Waals surface area contributed by atoms with Crippen molar-refractivity contribution in [3.63, 3.8) is 0 Å². The normalized spacial score (nSPS) is 28.5. The molecular formula is C14H19FN2O2S. The Hall–Kier alpha value is -1.43. The molecule has 1 heterocycles. The molecule has 0 fully saturated rings. The van der Waals surface area contributed by atoms with E-state index in [4.69, 9.17) is 5.73 Å². The van der Waals surface area contributed by atoms with E-state index >= 15 is 0 Å². The van der Waals surface area contributed by atoms with Crippen molar-refractivity contribution in [2.24, 2.45) is 10.7 Å². The van der Waals surface area contributed by atoms with Crippen LogP contribution in [0.15, 0.2) is 29.3 Å². The van der Waals surface area contributed by atoms with Gasteiger partial charge in [-0.05, 0) is 33.3 Å². The summed E-state index contributed by atoms with van der Waals surface area (Å²) < 4.78 is 37.3. The van der Waals surface area contributed by atoms with Gasteiger partial charge in [0.15, 0.2) is 9.84 Å². The zero-order valence-electron chi connectivity index (χ0n) is 11.9. The molecule has 0 radical (unpaired) electrons. The van der Waals surface area contributed by atoms with Gasteiger partial charge in [-0.3, -0.25) is 4.99 Å². The number of halogens is 1. The molecule has 2 N–H and O–H groups in total. The predicted octanol–water partition coefficient (Wildman–Crippen LogP) is 2.00. The molecule has 1 atom stereocenters. The Bertz CT molecular complexity index is 668. The first-order valence-corrected chi connectivity index (χ1v) is 8.08. The molecule has 110 valence electrons. The quantitative estimate of drug-likeness (QED) is 0.862. The molecule has 20 heavy (non-hydrogen) atoms. The first kappa shape index (κ1) is 15.0. The third-order valence-electron chi connectivity index (χ3n) is 4.07. The minimum atomic E-state index is -3.42. The Kier molecular flexibility index (Phi) is 3.40. The summed E-state index contributed by atoms with van der Waals surface area (Å²) in [6, 6.07) is 6.26. The smallest absolute Gasteiger partial charge is 0.162 e. The lowest BCUT2D eigenvalue weighted by Gasteiger charge is -2.25. The number of aliphatic imine (C=N–C) groups is 1. The largest absolute Gasteiger partial charge is 0.386 e. The fraction of sp³-hybridized carbons (Fsp3) is 0.500. The van der Waals surface area contributed by atoms with Gasteiger partial charge in [-0.25, -0.2) is 12.8 Å². The zero-order valence-corrected chi connectivity index (χ0v) is 12.7. The SMILES string of the molecule is CC1(c2ccccc2F)CCS(=O)(=O)C(C)(C)C(N)=N1. The number of nitrogens with two attached hydrogens (primary N) is 1. The van der Waals surface area contributed by atoms with Gasteiger partial charge in [0.1, 0.15) is 16.4 Å². The lowest BCUT2D eigenvalue weighted by Crippen LogP contribution is -2.45. The standard InChI is InChI=1S/C14H19FN2O2S/c1-13(2)12(16)17-14(3,8-9-20(13,18)19)10-6-4-5-7-11(10)15/h4-7H,8-9H2,1-3H3,(H2,16,17). The number of hydrogen-bond donors (Lipinski definition) is 1. The summed E-state index contributed by atoms with van der Waals surface area (Å²) in [6.45, 7) is 4.79. The van der Waals surface area contributed by atoms with Crippen molar-refractivity contribution >= 4 is 15.7 Å². The summed E-state index contributed by atoms with van der Waals surface area (Å²) in [7, 11) is -3.42. The molecule has 1 aliphatic rings. The molecule has 1 unspecified atom stereocenters. The molecule has 0 amide bonds. The van der Waals surface area contributed by atoms with Gasteiger partial charge in [0, 0.05) is 5.56 Å². The summed E-state index contributed by atoms with van der Waals surface area (Å²) in [5, 5.41) is 0. The van der Waals surface area contributed by atoms with E-state index in [-0.39, 0.29) is 18.0 Å². The summed E-state index contributed by atoms with van der Waals surface area (Å²) in [6.07, 6.45) is 0.209. The molecule has 1 aromatic carbocycles. The van der Waals surface area contributed by atoms with Crippen LogP contribution in [-0.4, -0.2) is 24.8 Å². The van der Waals surface area contributed by atoms with E-state index in [2.05, 4.69) is 4.99 Å². The number of rotatable bonds is 1. The maximum atomic E-state index is 14.0. The second kappa shape index (κ2) is 4.55. The van der Waals surface area contributed by atoms with Crippen molar-refractivity contribution in [2.45, 2.75) is 37.5 Å². The van der Waals surface area contributed by atoms with Crippen LogP contribution in [0, 0.1) is 5.82 Å². The molecule has 4 nitrogen and oxygen atoms in total. The first-order chi connectivity index (χ1) is 9.10. The van der Waals surface area contributed by atoms with E-state index in [0.29, 0.717) is 5.56 Å². The Morgan fingerprint density at radius 2 is 1.85 bits per heavy atom. The van der Waals surface area contributed by atoms with Gasteiger partial charge < -0.3 is 5.73 Å². The van der Waals surface area contributed by atoms with Crippen LogP contribution in [0.4, 0.5) is 4.39 Å². The second-order valence-corrected chi connectivity index (χ2v) is 8.49. The van der Waals surface area contributed by atoms with Gasteiger partial charge in [-0.15, -0.1) is 0 Å². The summed E-state index contributed by atoms with van der Waals surface area (Å²) in [5.74, 6) is -0.445. The van der Waals surface area contributed by atoms with Gasteiger partial charge in [0.05, 0.1) is 11.3 Å². The second-order valence-electron chi connectivity index (χ2n) is 5.83. The van der Waals surface area contributed by atoms with E-state index in [9.17, 15) is 12.8 Å². The van der Waals surface area contributed by atoms with Crippen LogP contribution in [0.2, 0.25) is 0 Å². The third kappa shape index (κ3) is 2.22. The van der Waals surface area contributed by atoms with Gasteiger partial charge >= 0.3 is 0 Å². The van der Waals surface area contributed by atoms with E-state index < -0.39 is 25.9 Å². The molecular weight excluding hydrogens is 279 g/mol. The van der Waals surface area contributed by atoms with Crippen LogP contribution in [0.1, 0.15) is 32.8 Å². The van der Waals surface area contributed by atoms with Gasteiger partial charge in [-0.2, -0.15) is 0 Å². The Morgan fingerprint density at radius 1 is 1.25 bits per heavy atom. The van der Waals surface area contributed by atoms with Crippen LogP contribution in [0.25, 0.3) is 0 Å². The van der Waals surface area contributed by atoms with Crippen molar-refractivity contribution in [2.75, 3.05) is 5.75 Å². The van der Waals surface area contributed by atoms with E-state index in [1.54, 1.807) is 25.1 Å². The van der Waals surface area contributed by atoms with Crippen LogP contribution in [0.3, 0.4) is 0 Å². The highest BCUT2D eigenvalue weighted by molar-refractivity contribution is 7.93. The van der Waals surface area contributed by atoms with E-state index in [0.717, 1.165) is 0 Å². The third-order valence-corrected chi connectivity index (χ3v) is 6.58. The van der Waals surface area contributed by atoms with Crippen molar-refractivity contribution in [3.05, 3.63) is 35.6 Å². The number of benzene rings is 1. The van der Waals surface area contributed by atoms with Crippen molar-refractivity contribution in [3.8, 4) is 0 Å².